The maximum absolute atomic E-state index is 13.6. The second-order valence-corrected chi connectivity index (χ2v) is 5.72. The van der Waals surface area contributed by atoms with E-state index in [9.17, 15) is 14.0 Å². The van der Waals surface area contributed by atoms with Crippen molar-refractivity contribution in [1.29, 1.82) is 0 Å². The van der Waals surface area contributed by atoms with Gasteiger partial charge in [-0.25, -0.2) is 9.18 Å². The van der Waals surface area contributed by atoms with Gasteiger partial charge in [-0.1, -0.05) is 48.0 Å². The Kier molecular flexibility index (Phi) is 6.71. The van der Waals surface area contributed by atoms with Crippen LogP contribution in [-0.4, -0.2) is 30.4 Å². The Labute approximate surface area is 150 Å². The number of esters is 1. The molecule has 0 saturated carbocycles. The summed E-state index contributed by atoms with van der Waals surface area (Å²) in [6.45, 7) is 0.0232. The van der Waals surface area contributed by atoms with Gasteiger partial charge in [0.25, 0.3) is 5.91 Å². The largest absolute Gasteiger partial charge is 0.452 e. The van der Waals surface area contributed by atoms with Crippen molar-refractivity contribution in [3.63, 3.8) is 0 Å². The van der Waals surface area contributed by atoms with Gasteiger partial charge in [0.1, 0.15) is 5.82 Å². The summed E-state index contributed by atoms with van der Waals surface area (Å²) in [4.78, 5) is 25.1. The summed E-state index contributed by atoms with van der Waals surface area (Å²) in [6.07, 6.45) is 2.26. The van der Waals surface area contributed by atoms with E-state index in [0.29, 0.717) is 6.54 Å². The van der Waals surface area contributed by atoms with Crippen LogP contribution < -0.4 is 0 Å². The Hall–Kier alpha value is -2.66. The lowest BCUT2D eigenvalue weighted by Gasteiger charge is -2.16. The van der Waals surface area contributed by atoms with Crippen LogP contribution in [0.5, 0.6) is 0 Å². The first kappa shape index (κ1) is 18.7. The molecule has 1 amide bonds. The molecule has 0 aliphatic heterocycles. The summed E-state index contributed by atoms with van der Waals surface area (Å²) in [5, 5.41) is 0.183. The average molecular weight is 362 g/mol. The molecule has 0 atom stereocenters. The highest BCUT2D eigenvalue weighted by Crippen LogP contribution is 2.20. The van der Waals surface area contributed by atoms with Crippen molar-refractivity contribution in [1.82, 2.24) is 4.90 Å². The first-order valence-corrected chi connectivity index (χ1v) is 7.92. The van der Waals surface area contributed by atoms with Crippen molar-refractivity contribution >= 4 is 29.6 Å². The Morgan fingerprint density at radius 2 is 1.88 bits per heavy atom. The number of hydrogen-bond donors (Lipinski definition) is 0. The lowest BCUT2D eigenvalue weighted by molar-refractivity contribution is -0.147. The van der Waals surface area contributed by atoms with Gasteiger partial charge in [-0.3, -0.25) is 4.79 Å². The number of ether oxygens (including phenoxy) is 1. The summed E-state index contributed by atoms with van der Waals surface area (Å²) in [5.74, 6) is -1.63. The van der Waals surface area contributed by atoms with Crippen LogP contribution in [0.4, 0.5) is 4.39 Å². The number of rotatable bonds is 6. The second kappa shape index (κ2) is 8.99. The molecule has 0 heterocycles. The molecule has 0 aliphatic carbocycles. The monoisotopic (exact) mass is 361 g/mol. The fourth-order valence-corrected chi connectivity index (χ4v) is 2.28. The molecular formula is C19H17ClFNO3. The standard InChI is InChI=1S/C19H17ClFNO3/c1-22(12-14-6-3-2-4-7-14)18(23)13-25-19(24)11-10-15-16(20)8-5-9-17(15)21/h2-11H,12-13H2,1H3/b11-10+. The molecule has 0 bridgehead atoms. The molecule has 0 fully saturated rings. The molecule has 0 N–H and O–H groups in total. The molecule has 0 spiro atoms. The lowest BCUT2D eigenvalue weighted by atomic mass is 10.2. The van der Waals surface area contributed by atoms with E-state index < -0.39 is 18.4 Å². The number of carbonyl (C=O) groups is 2. The molecular weight excluding hydrogens is 345 g/mol. The van der Waals surface area contributed by atoms with E-state index in [4.69, 9.17) is 16.3 Å². The van der Waals surface area contributed by atoms with Crippen molar-refractivity contribution in [3.8, 4) is 0 Å². The minimum Gasteiger partial charge on any atom is -0.452 e. The van der Waals surface area contributed by atoms with E-state index in [1.807, 2.05) is 30.3 Å². The van der Waals surface area contributed by atoms with Gasteiger partial charge in [-0.2, -0.15) is 0 Å². The minimum absolute atomic E-state index is 0.0913. The van der Waals surface area contributed by atoms with E-state index in [2.05, 4.69) is 0 Å². The predicted octanol–water partition coefficient (Wildman–Crippen LogP) is 3.69. The van der Waals surface area contributed by atoms with Crippen LogP contribution in [0.3, 0.4) is 0 Å². The SMILES string of the molecule is CN(Cc1ccccc1)C(=O)COC(=O)/C=C/c1c(F)cccc1Cl. The zero-order valence-corrected chi connectivity index (χ0v) is 14.4. The smallest absolute Gasteiger partial charge is 0.331 e. The topological polar surface area (TPSA) is 46.6 Å². The van der Waals surface area contributed by atoms with Crippen molar-refractivity contribution < 1.29 is 18.7 Å². The van der Waals surface area contributed by atoms with Gasteiger partial charge in [0.05, 0.1) is 5.02 Å². The van der Waals surface area contributed by atoms with E-state index in [1.165, 1.54) is 29.2 Å². The Morgan fingerprint density at radius 1 is 1.16 bits per heavy atom. The summed E-state index contributed by atoms with van der Waals surface area (Å²) < 4.78 is 18.5. The zero-order valence-electron chi connectivity index (χ0n) is 13.6. The summed E-state index contributed by atoms with van der Waals surface area (Å²) in [6, 6.07) is 13.7. The zero-order chi connectivity index (χ0) is 18.2. The van der Waals surface area contributed by atoms with Crippen LogP contribution in [-0.2, 0) is 20.9 Å². The van der Waals surface area contributed by atoms with Crippen molar-refractivity contribution in [2.75, 3.05) is 13.7 Å². The molecule has 25 heavy (non-hydrogen) atoms. The quantitative estimate of drug-likeness (QED) is 0.582. The molecule has 2 aromatic rings. The fraction of sp³-hybridized carbons (Fsp3) is 0.158. The number of nitrogens with zero attached hydrogens (tertiary/aromatic N) is 1. The lowest BCUT2D eigenvalue weighted by Crippen LogP contribution is -2.30. The van der Waals surface area contributed by atoms with Gasteiger partial charge < -0.3 is 9.64 Å². The number of carbonyl (C=O) groups excluding carboxylic acids is 2. The van der Waals surface area contributed by atoms with Gasteiger partial charge in [0, 0.05) is 25.2 Å². The van der Waals surface area contributed by atoms with Gasteiger partial charge in [0.2, 0.25) is 0 Å². The normalized spacial score (nSPS) is 10.7. The van der Waals surface area contributed by atoms with Crippen LogP contribution in [0.25, 0.3) is 6.08 Å². The summed E-state index contributed by atoms with van der Waals surface area (Å²) in [7, 11) is 1.62. The third kappa shape index (κ3) is 5.72. The van der Waals surface area contributed by atoms with Gasteiger partial charge in [-0.15, -0.1) is 0 Å². The maximum atomic E-state index is 13.6. The Morgan fingerprint density at radius 3 is 2.56 bits per heavy atom. The minimum atomic E-state index is -0.749. The molecule has 2 aromatic carbocycles. The van der Waals surface area contributed by atoms with E-state index in [1.54, 1.807) is 7.05 Å². The first-order valence-electron chi connectivity index (χ1n) is 7.54. The molecule has 130 valence electrons. The third-order valence-electron chi connectivity index (χ3n) is 3.41. The molecule has 6 heteroatoms. The van der Waals surface area contributed by atoms with Gasteiger partial charge in [-0.05, 0) is 23.8 Å². The van der Waals surface area contributed by atoms with E-state index in [-0.39, 0.29) is 16.5 Å². The molecule has 0 unspecified atom stereocenters. The Balaban J connectivity index is 1.85. The molecule has 0 aliphatic rings. The Bertz CT molecular complexity index is 757. The number of benzene rings is 2. The molecule has 0 radical (unpaired) electrons. The molecule has 4 nitrogen and oxygen atoms in total. The van der Waals surface area contributed by atoms with Crippen molar-refractivity contribution in [2.45, 2.75) is 6.54 Å². The van der Waals surface area contributed by atoms with Crippen LogP contribution in [0.1, 0.15) is 11.1 Å². The maximum Gasteiger partial charge on any atom is 0.331 e. The van der Waals surface area contributed by atoms with Crippen LogP contribution in [0.2, 0.25) is 5.02 Å². The molecule has 0 saturated heterocycles. The third-order valence-corrected chi connectivity index (χ3v) is 3.74. The number of amides is 1. The summed E-state index contributed by atoms with van der Waals surface area (Å²) in [5.41, 5.74) is 1.06. The second-order valence-electron chi connectivity index (χ2n) is 5.31. The van der Waals surface area contributed by atoms with Crippen molar-refractivity contribution in [3.05, 3.63) is 76.6 Å². The fourth-order valence-electron chi connectivity index (χ4n) is 2.06. The highest BCUT2D eigenvalue weighted by Gasteiger charge is 2.11. The van der Waals surface area contributed by atoms with Crippen LogP contribution in [0, 0.1) is 5.82 Å². The number of likely N-dealkylation sites (N-methyl/N-ethyl adjacent to an activating group) is 1. The highest BCUT2D eigenvalue weighted by molar-refractivity contribution is 6.32. The van der Waals surface area contributed by atoms with Gasteiger partial charge >= 0.3 is 5.97 Å². The van der Waals surface area contributed by atoms with E-state index in [0.717, 1.165) is 11.6 Å². The average Bonchev–Trinajstić information content (AvgIpc) is 2.60. The number of halogens is 2. The van der Waals surface area contributed by atoms with Crippen LogP contribution in [0.15, 0.2) is 54.6 Å². The molecule has 2 rings (SSSR count). The highest BCUT2D eigenvalue weighted by atomic mass is 35.5. The van der Waals surface area contributed by atoms with Crippen molar-refractivity contribution in [2.24, 2.45) is 0 Å². The van der Waals surface area contributed by atoms with Gasteiger partial charge in [0.15, 0.2) is 6.61 Å². The first-order chi connectivity index (χ1) is 12.0. The predicted molar refractivity (Wildman–Crippen MR) is 94.3 cm³/mol. The molecule has 0 aromatic heterocycles. The number of hydrogen-bond acceptors (Lipinski definition) is 3. The van der Waals surface area contributed by atoms with Crippen LogP contribution >= 0.6 is 11.6 Å². The van der Waals surface area contributed by atoms with E-state index >= 15 is 0 Å². The summed E-state index contributed by atoms with van der Waals surface area (Å²) >= 11 is 5.85.